The van der Waals surface area contributed by atoms with Gasteiger partial charge in [0.05, 0.1) is 4.92 Å². The topological polar surface area (TPSA) is 110 Å². The van der Waals surface area contributed by atoms with Gasteiger partial charge in [-0.15, -0.1) is 0 Å². The van der Waals surface area contributed by atoms with Crippen LogP contribution in [-0.4, -0.2) is 27.9 Å². The van der Waals surface area contributed by atoms with Crippen LogP contribution in [0.5, 0.6) is 0 Å². The molecule has 0 aliphatic carbocycles. The van der Waals surface area contributed by atoms with Crippen molar-refractivity contribution in [2.45, 2.75) is 19.9 Å². The third-order valence-electron chi connectivity index (χ3n) is 2.62. The van der Waals surface area contributed by atoms with E-state index in [4.69, 9.17) is 16.7 Å². The number of benzene rings is 1. The van der Waals surface area contributed by atoms with E-state index in [2.05, 4.69) is 5.32 Å². The second-order valence-electron chi connectivity index (χ2n) is 4.45. The third kappa shape index (κ3) is 3.67. The maximum Gasteiger partial charge on any atom is 0.326 e. The Kier molecular flexibility index (Phi) is 5.04. The fraction of sp³-hybridized carbons (Fsp3) is 0.333. The molecule has 0 saturated heterocycles. The van der Waals surface area contributed by atoms with Gasteiger partial charge in [0.2, 0.25) is 0 Å². The number of nitro benzene ring substituents is 1. The van der Waals surface area contributed by atoms with Crippen LogP contribution in [0, 0.1) is 16.0 Å². The van der Waals surface area contributed by atoms with Crippen molar-refractivity contribution >= 4 is 29.2 Å². The molecule has 1 rings (SSSR count). The average Bonchev–Trinajstić information content (AvgIpc) is 2.34. The highest BCUT2D eigenvalue weighted by Gasteiger charge is 2.27. The number of nitrogens with one attached hydrogen (secondary N) is 1. The SMILES string of the molecule is CC(C)[C@@H](NC(=O)c1ccc(Cl)cc1[N+](=O)[O-])C(=O)O. The number of carbonyl (C=O) groups is 2. The molecule has 0 unspecified atom stereocenters. The lowest BCUT2D eigenvalue weighted by Gasteiger charge is -2.17. The number of nitro groups is 1. The van der Waals surface area contributed by atoms with E-state index in [1.165, 1.54) is 12.1 Å². The molecule has 0 aliphatic heterocycles. The molecule has 1 aromatic rings. The number of amides is 1. The van der Waals surface area contributed by atoms with Crippen molar-refractivity contribution in [2.24, 2.45) is 5.92 Å². The molecule has 20 heavy (non-hydrogen) atoms. The molecule has 0 spiro atoms. The monoisotopic (exact) mass is 300 g/mol. The Morgan fingerprint density at radius 2 is 2.00 bits per heavy atom. The van der Waals surface area contributed by atoms with Gasteiger partial charge >= 0.3 is 5.97 Å². The normalized spacial score (nSPS) is 12.0. The summed E-state index contributed by atoms with van der Waals surface area (Å²) in [4.78, 5) is 33.1. The van der Waals surface area contributed by atoms with E-state index in [-0.39, 0.29) is 16.5 Å². The zero-order chi connectivity index (χ0) is 15.4. The first kappa shape index (κ1) is 15.9. The minimum absolute atomic E-state index is 0.117. The summed E-state index contributed by atoms with van der Waals surface area (Å²) in [7, 11) is 0. The fourth-order valence-electron chi connectivity index (χ4n) is 1.58. The molecule has 1 aromatic carbocycles. The van der Waals surface area contributed by atoms with Gasteiger partial charge in [0.25, 0.3) is 11.6 Å². The molecule has 0 fully saturated rings. The molecule has 0 aromatic heterocycles. The predicted molar refractivity (Wildman–Crippen MR) is 71.8 cm³/mol. The summed E-state index contributed by atoms with van der Waals surface area (Å²) < 4.78 is 0. The van der Waals surface area contributed by atoms with Gasteiger partial charge in [-0.25, -0.2) is 4.79 Å². The van der Waals surface area contributed by atoms with Crippen LogP contribution in [0.2, 0.25) is 5.02 Å². The fourth-order valence-corrected chi connectivity index (χ4v) is 1.75. The highest BCUT2D eigenvalue weighted by atomic mass is 35.5. The van der Waals surface area contributed by atoms with Gasteiger partial charge in [-0.3, -0.25) is 14.9 Å². The summed E-state index contributed by atoms with van der Waals surface area (Å²) in [5, 5.41) is 22.3. The van der Waals surface area contributed by atoms with Crippen molar-refractivity contribution < 1.29 is 19.6 Å². The highest BCUT2D eigenvalue weighted by molar-refractivity contribution is 6.31. The molecule has 0 aliphatic rings. The summed E-state index contributed by atoms with van der Waals surface area (Å²) in [5.41, 5.74) is -0.700. The van der Waals surface area contributed by atoms with Crippen LogP contribution in [0.3, 0.4) is 0 Å². The molecule has 2 N–H and O–H groups in total. The van der Waals surface area contributed by atoms with E-state index >= 15 is 0 Å². The summed E-state index contributed by atoms with van der Waals surface area (Å²) in [6.45, 7) is 3.24. The largest absolute Gasteiger partial charge is 0.480 e. The van der Waals surface area contributed by atoms with E-state index in [1.54, 1.807) is 13.8 Å². The lowest BCUT2D eigenvalue weighted by Crippen LogP contribution is -2.44. The van der Waals surface area contributed by atoms with Crippen LogP contribution >= 0.6 is 11.6 Å². The molecule has 8 heteroatoms. The Bertz CT molecular complexity index is 559. The number of aliphatic carboxylic acids is 1. The lowest BCUT2D eigenvalue weighted by molar-refractivity contribution is -0.385. The smallest absolute Gasteiger partial charge is 0.326 e. The van der Waals surface area contributed by atoms with Gasteiger partial charge in [-0.05, 0) is 18.1 Å². The van der Waals surface area contributed by atoms with E-state index in [0.717, 1.165) is 6.07 Å². The van der Waals surface area contributed by atoms with Crippen LogP contribution < -0.4 is 5.32 Å². The molecule has 0 radical (unpaired) electrons. The third-order valence-corrected chi connectivity index (χ3v) is 2.86. The Labute approximate surface area is 119 Å². The van der Waals surface area contributed by atoms with Crippen LogP contribution in [0.1, 0.15) is 24.2 Å². The molecule has 1 atom stereocenters. The number of nitrogens with zero attached hydrogens (tertiary/aromatic N) is 1. The van der Waals surface area contributed by atoms with Gasteiger partial charge in [0.15, 0.2) is 0 Å². The Balaban J connectivity index is 3.09. The van der Waals surface area contributed by atoms with Gasteiger partial charge in [-0.2, -0.15) is 0 Å². The maximum absolute atomic E-state index is 12.0. The van der Waals surface area contributed by atoms with Gasteiger partial charge in [-0.1, -0.05) is 25.4 Å². The first-order valence-electron chi connectivity index (χ1n) is 5.71. The maximum atomic E-state index is 12.0. The number of carboxylic acid groups (broad SMARTS) is 1. The van der Waals surface area contributed by atoms with Crippen molar-refractivity contribution in [1.82, 2.24) is 5.32 Å². The average molecular weight is 301 g/mol. The molecular weight excluding hydrogens is 288 g/mol. The van der Waals surface area contributed by atoms with E-state index in [1.807, 2.05) is 0 Å². The summed E-state index contributed by atoms with van der Waals surface area (Å²) >= 11 is 5.64. The van der Waals surface area contributed by atoms with Crippen LogP contribution in [0.15, 0.2) is 18.2 Å². The molecule has 0 heterocycles. The number of carboxylic acids is 1. The van der Waals surface area contributed by atoms with E-state index in [9.17, 15) is 19.7 Å². The molecule has 7 nitrogen and oxygen atoms in total. The van der Waals surface area contributed by atoms with Crippen molar-refractivity contribution in [3.05, 3.63) is 38.9 Å². The number of hydrogen-bond donors (Lipinski definition) is 2. The molecule has 1 amide bonds. The second kappa shape index (κ2) is 6.33. The number of rotatable bonds is 5. The van der Waals surface area contributed by atoms with Crippen molar-refractivity contribution in [3.8, 4) is 0 Å². The Morgan fingerprint density at radius 1 is 1.40 bits per heavy atom. The van der Waals surface area contributed by atoms with Crippen molar-refractivity contribution in [2.75, 3.05) is 0 Å². The van der Waals surface area contributed by atoms with Crippen molar-refractivity contribution in [3.63, 3.8) is 0 Å². The first-order valence-corrected chi connectivity index (χ1v) is 6.09. The quantitative estimate of drug-likeness (QED) is 0.639. The van der Waals surface area contributed by atoms with Gasteiger partial charge in [0.1, 0.15) is 11.6 Å². The Morgan fingerprint density at radius 3 is 2.45 bits per heavy atom. The highest BCUT2D eigenvalue weighted by Crippen LogP contribution is 2.23. The molecule has 0 saturated carbocycles. The molecular formula is C12H13ClN2O5. The predicted octanol–water partition coefficient (Wildman–Crippen LogP) is 2.09. The zero-order valence-corrected chi connectivity index (χ0v) is 11.5. The summed E-state index contributed by atoms with van der Waals surface area (Å²) in [6, 6.07) is 2.43. The van der Waals surface area contributed by atoms with Gasteiger partial charge < -0.3 is 10.4 Å². The minimum Gasteiger partial charge on any atom is -0.480 e. The molecule has 108 valence electrons. The minimum atomic E-state index is -1.20. The van der Waals surface area contributed by atoms with Crippen LogP contribution in [0.4, 0.5) is 5.69 Å². The molecule has 0 bridgehead atoms. The summed E-state index contributed by atoms with van der Waals surface area (Å²) in [5.74, 6) is -2.39. The van der Waals surface area contributed by atoms with Gasteiger partial charge in [0, 0.05) is 11.1 Å². The standard InChI is InChI=1S/C12H13ClN2O5/c1-6(2)10(12(17)18)14-11(16)8-4-3-7(13)5-9(8)15(19)20/h3-6,10H,1-2H3,(H,14,16)(H,17,18)/t10-/m1/s1. The Hall–Kier alpha value is -2.15. The van der Waals surface area contributed by atoms with Crippen LogP contribution in [-0.2, 0) is 4.79 Å². The first-order chi connectivity index (χ1) is 9.23. The lowest BCUT2D eigenvalue weighted by atomic mass is 10.0. The van der Waals surface area contributed by atoms with E-state index in [0.29, 0.717) is 0 Å². The number of halogens is 1. The van der Waals surface area contributed by atoms with Crippen molar-refractivity contribution in [1.29, 1.82) is 0 Å². The van der Waals surface area contributed by atoms with Crippen LogP contribution in [0.25, 0.3) is 0 Å². The van der Waals surface area contributed by atoms with E-state index < -0.39 is 28.5 Å². The number of hydrogen-bond acceptors (Lipinski definition) is 4. The zero-order valence-electron chi connectivity index (χ0n) is 10.8. The second-order valence-corrected chi connectivity index (χ2v) is 4.89. The number of carbonyl (C=O) groups excluding carboxylic acids is 1. The summed E-state index contributed by atoms with van der Waals surface area (Å²) in [6.07, 6.45) is 0.